The highest BCUT2D eigenvalue weighted by Gasteiger charge is 2.39. The SMILES string of the molecule is COC1(C(O)Cc2c(C)nn(C)c2Cl)CCCCCC1. The predicted molar refractivity (Wildman–Crippen MR) is 80.1 cm³/mol. The van der Waals surface area contributed by atoms with Crippen LogP contribution >= 0.6 is 11.6 Å². The topological polar surface area (TPSA) is 47.3 Å². The number of methoxy groups -OCH3 is 1. The second kappa shape index (κ2) is 6.46. The molecular weight excluding hydrogens is 276 g/mol. The number of ether oxygens (including phenoxy) is 1. The number of aryl methyl sites for hydroxylation is 2. The van der Waals surface area contributed by atoms with Crippen LogP contribution in [0, 0.1) is 6.92 Å². The molecule has 20 heavy (non-hydrogen) atoms. The molecule has 1 saturated carbocycles. The summed E-state index contributed by atoms with van der Waals surface area (Å²) >= 11 is 6.27. The molecule has 1 heterocycles. The molecule has 0 aromatic carbocycles. The smallest absolute Gasteiger partial charge is 0.130 e. The minimum atomic E-state index is -0.536. The molecule has 1 aliphatic rings. The fourth-order valence-corrected chi connectivity index (χ4v) is 3.54. The Labute approximate surface area is 126 Å². The first-order valence-corrected chi connectivity index (χ1v) is 7.79. The van der Waals surface area contributed by atoms with Crippen molar-refractivity contribution in [2.45, 2.75) is 63.6 Å². The Morgan fingerprint density at radius 3 is 2.40 bits per heavy atom. The summed E-state index contributed by atoms with van der Waals surface area (Å²) < 4.78 is 7.42. The Kier molecular flexibility index (Phi) is 5.10. The lowest BCUT2D eigenvalue weighted by Gasteiger charge is -2.36. The molecular formula is C15H25ClN2O2. The van der Waals surface area contributed by atoms with E-state index in [2.05, 4.69) is 5.10 Å². The van der Waals surface area contributed by atoms with E-state index in [0.29, 0.717) is 11.6 Å². The summed E-state index contributed by atoms with van der Waals surface area (Å²) in [5, 5.41) is 15.7. The van der Waals surface area contributed by atoms with E-state index in [0.717, 1.165) is 36.9 Å². The van der Waals surface area contributed by atoms with Gasteiger partial charge in [-0.2, -0.15) is 5.10 Å². The van der Waals surface area contributed by atoms with Gasteiger partial charge in [0.1, 0.15) is 5.15 Å². The molecule has 1 N–H and O–H groups in total. The Hall–Kier alpha value is -0.580. The maximum atomic E-state index is 10.7. The molecule has 2 rings (SSSR count). The zero-order valence-corrected chi connectivity index (χ0v) is 13.4. The van der Waals surface area contributed by atoms with Crippen molar-refractivity contribution in [2.75, 3.05) is 7.11 Å². The first kappa shape index (κ1) is 15.8. The summed E-state index contributed by atoms with van der Waals surface area (Å²) in [6, 6.07) is 0. The summed E-state index contributed by atoms with van der Waals surface area (Å²) in [6.45, 7) is 1.93. The summed E-state index contributed by atoms with van der Waals surface area (Å²) in [5.74, 6) is 0. The van der Waals surface area contributed by atoms with Crippen LogP contribution in [0.3, 0.4) is 0 Å². The van der Waals surface area contributed by atoms with Crippen LogP contribution < -0.4 is 0 Å². The summed E-state index contributed by atoms with van der Waals surface area (Å²) in [6.07, 6.45) is 6.49. The third-order valence-corrected chi connectivity index (χ3v) is 5.10. The van der Waals surface area contributed by atoms with E-state index < -0.39 is 11.7 Å². The van der Waals surface area contributed by atoms with E-state index in [4.69, 9.17) is 16.3 Å². The van der Waals surface area contributed by atoms with Crippen LogP contribution in [0.1, 0.15) is 49.8 Å². The Morgan fingerprint density at radius 1 is 1.35 bits per heavy atom. The van der Waals surface area contributed by atoms with Gasteiger partial charge in [0.15, 0.2) is 0 Å². The summed E-state index contributed by atoms with van der Waals surface area (Å²) in [4.78, 5) is 0. The molecule has 5 heteroatoms. The number of hydrogen-bond acceptors (Lipinski definition) is 3. The quantitative estimate of drug-likeness (QED) is 0.870. The molecule has 0 saturated heterocycles. The average Bonchev–Trinajstić information content (AvgIpc) is 2.66. The molecule has 0 spiro atoms. The molecule has 0 radical (unpaired) electrons. The van der Waals surface area contributed by atoms with Crippen LogP contribution in [0.25, 0.3) is 0 Å². The zero-order valence-electron chi connectivity index (χ0n) is 12.7. The first-order chi connectivity index (χ1) is 9.50. The van der Waals surface area contributed by atoms with Crippen molar-refractivity contribution in [1.29, 1.82) is 0 Å². The van der Waals surface area contributed by atoms with Crippen molar-refractivity contribution in [3.63, 3.8) is 0 Å². The fraction of sp³-hybridized carbons (Fsp3) is 0.800. The van der Waals surface area contributed by atoms with Gasteiger partial charge in [0.25, 0.3) is 0 Å². The van der Waals surface area contributed by atoms with Crippen LogP contribution in [-0.2, 0) is 18.2 Å². The van der Waals surface area contributed by atoms with Crippen LogP contribution in [0.5, 0.6) is 0 Å². The van der Waals surface area contributed by atoms with E-state index in [9.17, 15) is 5.11 Å². The largest absolute Gasteiger partial charge is 0.390 e. The molecule has 0 bridgehead atoms. The van der Waals surface area contributed by atoms with E-state index in [1.54, 1.807) is 11.8 Å². The number of aliphatic hydroxyl groups excluding tert-OH is 1. The van der Waals surface area contributed by atoms with Crippen molar-refractivity contribution in [3.8, 4) is 0 Å². The highest BCUT2D eigenvalue weighted by Crippen LogP contribution is 2.35. The third kappa shape index (κ3) is 3.02. The summed E-state index contributed by atoms with van der Waals surface area (Å²) in [7, 11) is 3.54. The molecule has 114 valence electrons. The Bertz CT molecular complexity index is 451. The number of aliphatic hydroxyl groups is 1. The molecule has 0 amide bonds. The van der Waals surface area contributed by atoms with Gasteiger partial charge in [-0.05, 0) is 19.8 Å². The Morgan fingerprint density at radius 2 is 1.95 bits per heavy atom. The number of halogens is 1. The second-order valence-corrected chi connectivity index (χ2v) is 6.24. The minimum Gasteiger partial charge on any atom is -0.390 e. The molecule has 1 atom stereocenters. The van der Waals surface area contributed by atoms with Gasteiger partial charge >= 0.3 is 0 Å². The lowest BCUT2D eigenvalue weighted by atomic mass is 9.85. The molecule has 4 nitrogen and oxygen atoms in total. The van der Waals surface area contributed by atoms with Crippen LogP contribution in [-0.4, -0.2) is 33.7 Å². The maximum Gasteiger partial charge on any atom is 0.130 e. The molecule has 1 aliphatic carbocycles. The Balaban J connectivity index is 2.18. The van der Waals surface area contributed by atoms with Gasteiger partial charge in [-0.25, -0.2) is 0 Å². The highest BCUT2D eigenvalue weighted by molar-refractivity contribution is 6.30. The van der Waals surface area contributed by atoms with Gasteiger partial charge in [0, 0.05) is 26.1 Å². The molecule has 1 aromatic rings. The van der Waals surface area contributed by atoms with Gasteiger partial charge in [-0.1, -0.05) is 37.3 Å². The van der Waals surface area contributed by atoms with Crippen molar-refractivity contribution >= 4 is 11.6 Å². The minimum absolute atomic E-state index is 0.428. The zero-order chi connectivity index (χ0) is 14.8. The lowest BCUT2D eigenvalue weighted by molar-refractivity contribution is -0.111. The fourth-order valence-electron chi connectivity index (χ4n) is 3.29. The van der Waals surface area contributed by atoms with Crippen molar-refractivity contribution in [2.24, 2.45) is 7.05 Å². The number of aromatic nitrogens is 2. The molecule has 1 aromatic heterocycles. The third-order valence-electron chi connectivity index (χ3n) is 4.63. The van der Waals surface area contributed by atoms with Gasteiger partial charge in [-0.15, -0.1) is 0 Å². The number of nitrogens with zero attached hydrogens (tertiary/aromatic N) is 2. The number of hydrogen-bond donors (Lipinski definition) is 1. The van der Waals surface area contributed by atoms with E-state index >= 15 is 0 Å². The van der Waals surface area contributed by atoms with Gasteiger partial charge in [0.05, 0.1) is 17.4 Å². The summed E-state index contributed by atoms with van der Waals surface area (Å²) in [5.41, 5.74) is 1.39. The monoisotopic (exact) mass is 300 g/mol. The van der Waals surface area contributed by atoms with Crippen LogP contribution in [0.2, 0.25) is 5.15 Å². The van der Waals surface area contributed by atoms with Crippen LogP contribution in [0.15, 0.2) is 0 Å². The molecule has 0 aliphatic heterocycles. The van der Waals surface area contributed by atoms with Gasteiger partial charge < -0.3 is 9.84 Å². The lowest BCUT2D eigenvalue weighted by Crippen LogP contribution is -2.45. The first-order valence-electron chi connectivity index (χ1n) is 7.41. The van der Waals surface area contributed by atoms with Crippen molar-refractivity contribution in [3.05, 3.63) is 16.4 Å². The second-order valence-electron chi connectivity index (χ2n) is 5.88. The average molecular weight is 301 g/mol. The predicted octanol–water partition coefficient (Wildman–Crippen LogP) is 3.02. The normalized spacial score (nSPS) is 20.6. The molecule has 1 fully saturated rings. The van der Waals surface area contributed by atoms with Gasteiger partial charge in [-0.3, -0.25) is 4.68 Å². The van der Waals surface area contributed by atoms with Crippen LogP contribution in [0.4, 0.5) is 0 Å². The van der Waals surface area contributed by atoms with E-state index in [1.165, 1.54) is 12.8 Å². The van der Waals surface area contributed by atoms with Crippen molar-refractivity contribution < 1.29 is 9.84 Å². The molecule has 1 unspecified atom stereocenters. The highest BCUT2D eigenvalue weighted by atomic mass is 35.5. The van der Waals surface area contributed by atoms with E-state index in [-0.39, 0.29) is 0 Å². The number of rotatable bonds is 4. The standard InChI is InChI=1S/C15H25ClN2O2/c1-11-12(14(16)18(2)17-11)10-13(19)15(20-3)8-6-4-5-7-9-15/h13,19H,4-10H2,1-3H3. The van der Waals surface area contributed by atoms with E-state index in [1.807, 2.05) is 14.0 Å². The maximum absolute atomic E-state index is 10.7. The van der Waals surface area contributed by atoms with Crippen molar-refractivity contribution in [1.82, 2.24) is 9.78 Å². The van der Waals surface area contributed by atoms with Gasteiger partial charge in [0.2, 0.25) is 0 Å².